The van der Waals surface area contributed by atoms with Gasteiger partial charge in [0.1, 0.15) is 17.5 Å². The summed E-state index contributed by atoms with van der Waals surface area (Å²) in [6.45, 7) is 6.79. The number of rotatable bonds is 9. The highest BCUT2D eigenvalue weighted by Gasteiger charge is 2.21. The summed E-state index contributed by atoms with van der Waals surface area (Å²) in [5.41, 5.74) is 5.65. The SMILES string of the molecule is CCCC(C)(C)c1ccc(N(c2ccc(-c3ccc(Nc4ccccn4)cc3)cc2)c2ccccn2)nc1. The molecule has 5 heteroatoms. The van der Waals surface area contributed by atoms with Crippen LogP contribution in [0, 0.1) is 0 Å². The Kier molecular flexibility index (Phi) is 7.45. The minimum atomic E-state index is 0.0977. The summed E-state index contributed by atoms with van der Waals surface area (Å²) in [6.07, 6.45) is 7.87. The summed E-state index contributed by atoms with van der Waals surface area (Å²) in [5.74, 6) is 2.51. The Bertz CT molecular complexity index is 1430. The van der Waals surface area contributed by atoms with Gasteiger partial charge in [-0.05, 0) is 83.1 Å². The third-order valence-corrected chi connectivity index (χ3v) is 6.79. The molecule has 5 aromatic rings. The van der Waals surface area contributed by atoms with Gasteiger partial charge in [0.25, 0.3) is 0 Å². The molecule has 0 saturated carbocycles. The zero-order chi connectivity index (χ0) is 26.4. The molecule has 1 N–H and O–H groups in total. The number of nitrogens with one attached hydrogen (secondary N) is 1. The molecule has 0 unspecified atom stereocenters. The molecule has 0 spiro atoms. The van der Waals surface area contributed by atoms with Crippen LogP contribution in [0.5, 0.6) is 0 Å². The largest absolute Gasteiger partial charge is 0.340 e. The minimum Gasteiger partial charge on any atom is -0.340 e. The van der Waals surface area contributed by atoms with Crippen LogP contribution in [0.1, 0.15) is 39.2 Å². The van der Waals surface area contributed by atoms with Crippen LogP contribution >= 0.6 is 0 Å². The van der Waals surface area contributed by atoms with Crippen molar-refractivity contribution in [3.05, 3.63) is 121 Å². The lowest BCUT2D eigenvalue weighted by Crippen LogP contribution is -2.18. The van der Waals surface area contributed by atoms with Gasteiger partial charge in [-0.25, -0.2) is 15.0 Å². The Hall–Kier alpha value is -4.51. The second kappa shape index (κ2) is 11.3. The van der Waals surface area contributed by atoms with E-state index in [-0.39, 0.29) is 5.41 Å². The quantitative estimate of drug-likeness (QED) is 0.219. The van der Waals surface area contributed by atoms with E-state index in [9.17, 15) is 0 Å². The Labute approximate surface area is 225 Å². The van der Waals surface area contributed by atoms with E-state index in [2.05, 4.69) is 102 Å². The van der Waals surface area contributed by atoms with Crippen molar-refractivity contribution < 1.29 is 0 Å². The first kappa shape index (κ1) is 25.2. The van der Waals surface area contributed by atoms with E-state index in [0.717, 1.165) is 52.8 Å². The molecule has 0 aliphatic carbocycles. The first-order chi connectivity index (χ1) is 18.5. The third kappa shape index (κ3) is 5.73. The molecule has 0 aliphatic rings. The maximum Gasteiger partial charge on any atom is 0.138 e. The van der Waals surface area contributed by atoms with Crippen LogP contribution in [0.4, 0.5) is 28.8 Å². The fourth-order valence-corrected chi connectivity index (χ4v) is 4.69. The van der Waals surface area contributed by atoms with Crippen molar-refractivity contribution in [3.8, 4) is 11.1 Å². The highest BCUT2D eigenvalue weighted by Crippen LogP contribution is 2.35. The van der Waals surface area contributed by atoms with E-state index in [1.807, 2.05) is 48.8 Å². The van der Waals surface area contributed by atoms with E-state index < -0.39 is 0 Å². The monoisotopic (exact) mass is 499 g/mol. The van der Waals surface area contributed by atoms with E-state index in [4.69, 9.17) is 4.98 Å². The standard InChI is InChI=1S/C33H33N5/c1-4-21-33(2,3)27-15-20-32(36-24-27)38(31-10-6-8-23-35-31)29-18-13-26(14-19-29)25-11-16-28(17-12-25)37-30-9-5-7-22-34-30/h5-20,22-24H,4,21H2,1-3H3,(H,34,37). The second-order valence-corrected chi connectivity index (χ2v) is 10.0. The zero-order valence-corrected chi connectivity index (χ0v) is 22.2. The lowest BCUT2D eigenvalue weighted by Gasteiger charge is -2.27. The summed E-state index contributed by atoms with van der Waals surface area (Å²) in [7, 11) is 0. The van der Waals surface area contributed by atoms with Gasteiger partial charge in [-0.1, -0.05) is 69.7 Å². The molecular weight excluding hydrogens is 466 g/mol. The van der Waals surface area contributed by atoms with Crippen molar-refractivity contribution in [1.29, 1.82) is 0 Å². The predicted octanol–water partition coefficient (Wildman–Crippen LogP) is 8.83. The van der Waals surface area contributed by atoms with Gasteiger partial charge >= 0.3 is 0 Å². The van der Waals surface area contributed by atoms with E-state index in [0.29, 0.717) is 0 Å². The molecule has 0 fully saturated rings. The van der Waals surface area contributed by atoms with Crippen LogP contribution in [0.25, 0.3) is 11.1 Å². The lowest BCUT2D eigenvalue weighted by molar-refractivity contribution is 0.471. The average molecular weight is 500 g/mol. The van der Waals surface area contributed by atoms with Gasteiger partial charge < -0.3 is 5.32 Å². The maximum atomic E-state index is 4.88. The van der Waals surface area contributed by atoms with Crippen LogP contribution in [0.15, 0.2) is 116 Å². The minimum absolute atomic E-state index is 0.0977. The molecule has 0 atom stereocenters. The van der Waals surface area contributed by atoms with E-state index in [1.165, 1.54) is 5.56 Å². The number of pyridine rings is 3. The van der Waals surface area contributed by atoms with Crippen molar-refractivity contribution in [2.24, 2.45) is 0 Å². The Balaban J connectivity index is 1.40. The Morgan fingerprint density at radius 1 is 0.684 bits per heavy atom. The van der Waals surface area contributed by atoms with Gasteiger partial charge in [0.15, 0.2) is 0 Å². The van der Waals surface area contributed by atoms with Gasteiger partial charge in [-0.2, -0.15) is 0 Å². The van der Waals surface area contributed by atoms with E-state index >= 15 is 0 Å². The molecule has 38 heavy (non-hydrogen) atoms. The molecule has 2 aromatic carbocycles. The summed E-state index contributed by atoms with van der Waals surface area (Å²) in [4.78, 5) is 15.9. The smallest absolute Gasteiger partial charge is 0.138 e. The second-order valence-electron chi connectivity index (χ2n) is 10.0. The van der Waals surface area contributed by atoms with Gasteiger partial charge in [-0.15, -0.1) is 0 Å². The van der Waals surface area contributed by atoms with Crippen molar-refractivity contribution in [2.45, 2.75) is 39.0 Å². The van der Waals surface area contributed by atoms with Crippen molar-refractivity contribution in [3.63, 3.8) is 0 Å². The Morgan fingerprint density at radius 3 is 1.92 bits per heavy atom. The molecule has 0 amide bonds. The lowest BCUT2D eigenvalue weighted by atomic mass is 9.82. The number of hydrogen-bond acceptors (Lipinski definition) is 5. The fraction of sp³-hybridized carbons (Fsp3) is 0.182. The van der Waals surface area contributed by atoms with Gasteiger partial charge in [0, 0.05) is 30.0 Å². The molecule has 190 valence electrons. The summed E-state index contributed by atoms with van der Waals surface area (Å²) < 4.78 is 0. The van der Waals surface area contributed by atoms with Crippen molar-refractivity contribution >= 4 is 28.8 Å². The fourth-order valence-electron chi connectivity index (χ4n) is 4.69. The third-order valence-electron chi connectivity index (χ3n) is 6.79. The molecule has 0 bridgehead atoms. The van der Waals surface area contributed by atoms with Crippen molar-refractivity contribution in [1.82, 2.24) is 15.0 Å². The van der Waals surface area contributed by atoms with Gasteiger partial charge in [-0.3, -0.25) is 4.90 Å². The molecule has 0 aliphatic heterocycles. The van der Waals surface area contributed by atoms with Crippen LogP contribution < -0.4 is 10.2 Å². The van der Waals surface area contributed by atoms with Crippen LogP contribution in [0.3, 0.4) is 0 Å². The van der Waals surface area contributed by atoms with Crippen LogP contribution in [-0.4, -0.2) is 15.0 Å². The van der Waals surface area contributed by atoms with Gasteiger partial charge in [0.2, 0.25) is 0 Å². The van der Waals surface area contributed by atoms with Crippen LogP contribution in [0.2, 0.25) is 0 Å². The summed E-state index contributed by atoms with van der Waals surface area (Å²) in [5, 5.41) is 3.33. The number of hydrogen-bond donors (Lipinski definition) is 1. The molecule has 5 nitrogen and oxygen atoms in total. The van der Waals surface area contributed by atoms with Crippen LogP contribution in [-0.2, 0) is 5.41 Å². The van der Waals surface area contributed by atoms with E-state index in [1.54, 1.807) is 6.20 Å². The first-order valence-corrected chi connectivity index (χ1v) is 13.1. The highest BCUT2D eigenvalue weighted by atomic mass is 15.2. The predicted molar refractivity (Wildman–Crippen MR) is 158 cm³/mol. The molecular formula is C33H33N5. The summed E-state index contributed by atoms with van der Waals surface area (Å²) >= 11 is 0. The average Bonchev–Trinajstić information content (AvgIpc) is 2.96. The highest BCUT2D eigenvalue weighted by molar-refractivity contribution is 5.75. The first-order valence-electron chi connectivity index (χ1n) is 13.1. The molecule has 0 saturated heterocycles. The molecule has 3 aromatic heterocycles. The summed E-state index contributed by atoms with van der Waals surface area (Å²) in [6, 6.07) is 33.0. The molecule has 3 heterocycles. The topological polar surface area (TPSA) is 53.9 Å². The number of nitrogens with zero attached hydrogens (tertiary/aromatic N) is 4. The Morgan fingerprint density at radius 2 is 1.34 bits per heavy atom. The van der Waals surface area contributed by atoms with Gasteiger partial charge in [0.05, 0.1) is 0 Å². The number of benzene rings is 2. The molecule has 0 radical (unpaired) electrons. The molecule has 5 rings (SSSR count). The normalized spacial score (nSPS) is 11.2. The number of aromatic nitrogens is 3. The van der Waals surface area contributed by atoms with Crippen molar-refractivity contribution in [2.75, 3.05) is 10.2 Å². The zero-order valence-electron chi connectivity index (χ0n) is 22.2. The maximum absolute atomic E-state index is 4.88. The number of anilines is 5.